The number of aromatic amines is 1. The second-order valence-electron chi connectivity index (χ2n) is 4.08. The molecule has 0 bridgehead atoms. The molecule has 0 saturated heterocycles. The molecule has 0 aliphatic rings. The molecule has 2 N–H and O–H groups in total. The molecule has 1 heterocycles. The molecule has 0 fully saturated rings. The van der Waals surface area contributed by atoms with Crippen LogP contribution in [-0.4, -0.2) is 12.1 Å². The fourth-order valence-corrected chi connectivity index (χ4v) is 1.82. The highest BCUT2D eigenvalue weighted by Crippen LogP contribution is 2.06. The Labute approximate surface area is 102 Å². The van der Waals surface area contributed by atoms with E-state index in [1.807, 2.05) is 12.4 Å². The van der Waals surface area contributed by atoms with Crippen LogP contribution in [0.5, 0.6) is 0 Å². The number of hydrogen-bond donors (Lipinski definition) is 2. The van der Waals surface area contributed by atoms with Crippen molar-refractivity contribution < 1.29 is 4.74 Å². The van der Waals surface area contributed by atoms with Crippen molar-refractivity contribution in [1.29, 1.82) is 0 Å². The molecule has 0 unspecified atom stereocenters. The topological polar surface area (TPSA) is 37.0 Å². The first kappa shape index (κ1) is 11.9. The normalized spacial score (nSPS) is 10.6. The molecular weight excluding hydrogens is 212 g/mol. The Morgan fingerprint density at radius 3 is 2.71 bits per heavy atom. The maximum Gasteiger partial charge on any atom is 0.0713 e. The molecule has 2 rings (SSSR count). The van der Waals surface area contributed by atoms with Gasteiger partial charge in [0.1, 0.15) is 0 Å². The van der Waals surface area contributed by atoms with Gasteiger partial charge in [-0.3, -0.25) is 0 Å². The number of benzene rings is 1. The molecule has 17 heavy (non-hydrogen) atoms. The minimum Gasteiger partial charge on any atom is -0.380 e. The molecule has 0 atom stereocenters. The fraction of sp³-hybridized carbons (Fsp3) is 0.286. The van der Waals surface area contributed by atoms with Gasteiger partial charge in [-0.25, -0.2) is 0 Å². The third-order valence-electron chi connectivity index (χ3n) is 2.62. The van der Waals surface area contributed by atoms with Crippen molar-refractivity contribution in [3.63, 3.8) is 0 Å². The smallest absolute Gasteiger partial charge is 0.0713 e. The summed E-state index contributed by atoms with van der Waals surface area (Å²) < 4.78 is 5.12. The van der Waals surface area contributed by atoms with Crippen LogP contribution in [0.3, 0.4) is 0 Å². The number of nitrogens with one attached hydrogen (secondary N) is 2. The first-order valence-electron chi connectivity index (χ1n) is 5.77. The average Bonchev–Trinajstić information content (AvgIpc) is 2.83. The Morgan fingerprint density at radius 2 is 1.94 bits per heavy atom. The minimum absolute atomic E-state index is 0.672. The second kappa shape index (κ2) is 6.23. The van der Waals surface area contributed by atoms with Gasteiger partial charge in [-0.05, 0) is 22.8 Å². The van der Waals surface area contributed by atoms with Crippen LogP contribution in [-0.2, 0) is 24.4 Å². The van der Waals surface area contributed by atoms with Crippen molar-refractivity contribution in [2.24, 2.45) is 0 Å². The van der Waals surface area contributed by atoms with Gasteiger partial charge in [-0.1, -0.05) is 24.3 Å². The second-order valence-corrected chi connectivity index (χ2v) is 4.08. The van der Waals surface area contributed by atoms with Gasteiger partial charge in [0.05, 0.1) is 6.61 Å². The summed E-state index contributed by atoms with van der Waals surface area (Å²) in [4.78, 5) is 3.05. The van der Waals surface area contributed by atoms with E-state index in [1.54, 1.807) is 7.11 Å². The van der Waals surface area contributed by atoms with Crippen LogP contribution in [0.1, 0.15) is 16.7 Å². The van der Waals surface area contributed by atoms with Crippen LogP contribution in [0.15, 0.2) is 42.7 Å². The first-order valence-corrected chi connectivity index (χ1v) is 5.77. The van der Waals surface area contributed by atoms with E-state index in [0.29, 0.717) is 6.61 Å². The number of hydrogen-bond acceptors (Lipinski definition) is 2. The van der Waals surface area contributed by atoms with Gasteiger partial charge < -0.3 is 15.0 Å². The summed E-state index contributed by atoms with van der Waals surface area (Å²) in [5, 5.41) is 3.41. The molecule has 1 aromatic carbocycles. The molecular formula is C14H18N2O. The Balaban J connectivity index is 1.84. The average molecular weight is 230 g/mol. The van der Waals surface area contributed by atoms with Crippen LogP contribution >= 0.6 is 0 Å². The molecule has 0 aliphatic carbocycles. The molecule has 0 spiro atoms. The van der Waals surface area contributed by atoms with Crippen LogP contribution in [0.25, 0.3) is 0 Å². The van der Waals surface area contributed by atoms with Crippen molar-refractivity contribution in [3.05, 3.63) is 59.4 Å². The lowest BCUT2D eigenvalue weighted by atomic mass is 10.1. The summed E-state index contributed by atoms with van der Waals surface area (Å²) >= 11 is 0. The summed E-state index contributed by atoms with van der Waals surface area (Å²) in [7, 11) is 1.72. The Bertz CT molecular complexity index is 437. The van der Waals surface area contributed by atoms with E-state index in [1.165, 1.54) is 16.7 Å². The van der Waals surface area contributed by atoms with Crippen molar-refractivity contribution in [3.8, 4) is 0 Å². The molecule has 0 saturated carbocycles. The molecule has 3 nitrogen and oxygen atoms in total. The van der Waals surface area contributed by atoms with Crippen molar-refractivity contribution in [1.82, 2.24) is 10.3 Å². The predicted octanol–water partition coefficient (Wildman–Crippen LogP) is 2.45. The van der Waals surface area contributed by atoms with Gasteiger partial charge in [0.2, 0.25) is 0 Å². The van der Waals surface area contributed by atoms with E-state index in [2.05, 4.69) is 40.6 Å². The highest BCUT2D eigenvalue weighted by Gasteiger charge is 1.96. The monoisotopic (exact) mass is 230 g/mol. The maximum atomic E-state index is 5.12. The van der Waals surface area contributed by atoms with E-state index in [-0.39, 0.29) is 0 Å². The molecule has 1 aromatic heterocycles. The summed E-state index contributed by atoms with van der Waals surface area (Å²) in [5.41, 5.74) is 3.78. The molecule has 0 radical (unpaired) electrons. The summed E-state index contributed by atoms with van der Waals surface area (Å²) in [6.07, 6.45) is 3.95. The van der Waals surface area contributed by atoms with Gasteiger partial charge in [0.15, 0.2) is 0 Å². The lowest BCUT2D eigenvalue weighted by Gasteiger charge is -2.06. The lowest BCUT2D eigenvalue weighted by molar-refractivity contribution is 0.185. The molecule has 0 amide bonds. The van der Waals surface area contributed by atoms with Crippen LogP contribution in [0, 0.1) is 0 Å². The van der Waals surface area contributed by atoms with E-state index >= 15 is 0 Å². The third kappa shape index (κ3) is 3.73. The van der Waals surface area contributed by atoms with Crippen LogP contribution in [0.4, 0.5) is 0 Å². The number of ether oxygens (including phenoxy) is 1. The lowest BCUT2D eigenvalue weighted by Crippen LogP contribution is -2.12. The minimum atomic E-state index is 0.672. The summed E-state index contributed by atoms with van der Waals surface area (Å²) in [5.74, 6) is 0. The number of methoxy groups -OCH3 is 1. The van der Waals surface area contributed by atoms with Crippen LogP contribution in [0.2, 0.25) is 0 Å². The highest BCUT2D eigenvalue weighted by molar-refractivity contribution is 5.23. The number of aromatic nitrogens is 1. The maximum absolute atomic E-state index is 5.12. The Kier molecular flexibility index (Phi) is 4.36. The molecule has 90 valence electrons. The van der Waals surface area contributed by atoms with Gasteiger partial charge in [0, 0.05) is 32.6 Å². The quantitative estimate of drug-likeness (QED) is 0.799. The largest absolute Gasteiger partial charge is 0.380 e. The fourth-order valence-electron chi connectivity index (χ4n) is 1.82. The molecule has 3 heteroatoms. The van der Waals surface area contributed by atoms with Crippen molar-refractivity contribution >= 4 is 0 Å². The van der Waals surface area contributed by atoms with Gasteiger partial charge in [-0.2, -0.15) is 0 Å². The zero-order valence-corrected chi connectivity index (χ0v) is 10.1. The third-order valence-corrected chi connectivity index (χ3v) is 2.62. The van der Waals surface area contributed by atoms with E-state index in [0.717, 1.165) is 13.1 Å². The van der Waals surface area contributed by atoms with Gasteiger partial charge >= 0.3 is 0 Å². The number of rotatable bonds is 6. The van der Waals surface area contributed by atoms with Crippen molar-refractivity contribution in [2.75, 3.05) is 7.11 Å². The predicted molar refractivity (Wildman–Crippen MR) is 68.5 cm³/mol. The molecule has 0 aliphatic heterocycles. The molecule has 2 aromatic rings. The van der Waals surface area contributed by atoms with Gasteiger partial charge in [0.25, 0.3) is 0 Å². The Hall–Kier alpha value is -1.58. The zero-order valence-electron chi connectivity index (χ0n) is 10.1. The van der Waals surface area contributed by atoms with Gasteiger partial charge in [-0.15, -0.1) is 0 Å². The standard InChI is InChI=1S/C14H18N2O/c1-17-11-13-4-2-3-12(7-13)8-16-10-14-5-6-15-9-14/h2-7,9,15-16H,8,10-11H2,1H3. The number of H-pyrrole nitrogens is 1. The zero-order chi connectivity index (χ0) is 11.9. The van der Waals surface area contributed by atoms with Crippen molar-refractivity contribution in [2.45, 2.75) is 19.7 Å². The first-order chi connectivity index (χ1) is 8.38. The Morgan fingerprint density at radius 1 is 1.12 bits per heavy atom. The van der Waals surface area contributed by atoms with Crippen LogP contribution < -0.4 is 5.32 Å². The summed E-state index contributed by atoms with van der Waals surface area (Å²) in [6, 6.07) is 10.5. The summed E-state index contributed by atoms with van der Waals surface area (Å²) in [6.45, 7) is 2.44. The van der Waals surface area contributed by atoms with E-state index in [4.69, 9.17) is 4.74 Å². The van der Waals surface area contributed by atoms with E-state index < -0.39 is 0 Å². The van der Waals surface area contributed by atoms with E-state index in [9.17, 15) is 0 Å². The SMILES string of the molecule is COCc1cccc(CNCc2cc[nH]c2)c1. The highest BCUT2D eigenvalue weighted by atomic mass is 16.5.